The predicted molar refractivity (Wildman–Crippen MR) is 169 cm³/mol. The van der Waals surface area contributed by atoms with Crippen LogP contribution in [-0.2, 0) is 14.3 Å². The highest BCUT2D eigenvalue weighted by Gasteiger charge is 2.47. The summed E-state index contributed by atoms with van der Waals surface area (Å²) in [6.45, 7) is -0.807. The summed E-state index contributed by atoms with van der Waals surface area (Å²) < 4.78 is 58.8. The van der Waals surface area contributed by atoms with Gasteiger partial charge in [-0.1, -0.05) is 12.1 Å². The van der Waals surface area contributed by atoms with Gasteiger partial charge in [0.05, 0.1) is 25.8 Å². The van der Waals surface area contributed by atoms with Crippen LogP contribution in [0.2, 0.25) is 0 Å². The molecular formula is C34H37F2N2O12+. The number of hydrogen-bond donors (Lipinski definition) is 2. The molecule has 4 rings (SSSR count). The molecule has 0 aliphatic carbocycles. The predicted octanol–water partition coefficient (Wildman–Crippen LogP) is 4.73. The summed E-state index contributed by atoms with van der Waals surface area (Å²) in [6.07, 6.45) is -0.183. The second-order valence-electron chi connectivity index (χ2n) is 11.1. The minimum Gasteiger partial charge on any atom is -0.493 e. The van der Waals surface area contributed by atoms with Crippen LogP contribution in [0.25, 0.3) is 0 Å². The Morgan fingerprint density at radius 1 is 0.820 bits per heavy atom. The molecule has 0 bridgehead atoms. The average molecular weight is 704 g/mol. The molecular weight excluding hydrogens is 666 g/mol. The Balaban J connectivity index is 1.52. The highest BCUT2D eigenvalue weighted by Crippen LogP contribution is 2.39. The number of carboxylic acid groups (broad SMARTS) is 1. The standard InChI is InChI=1S/C34H36F2N2O12/c1-44-18-48-25-13-12-24(35)29(36)28(25)30(39)20-8-10-21(11-9-20)33(41)50-38(34(42)43)14-6-5-7-23(17-38)37-32(40)22-15-26(46-3)31(49-19-45-2)27(16-22)47-4/h8-13,15-16,23H,5-7,14,17-19H2,1-4H3,(H-,37,40,42,43)/p+1. The van der Waals surface area contributed by atoms with E-state index in [0.29, 0.717) is 19.3 Å². The number of amides is 2. The van der Waals surface area contributed by atoms with Crippen LogP contribution in [-0.4, -0.2) is 94.7 Å². The molecule has 14 nitrogen and oxygen atoms in total. The van der Waals surface area contributed by atoms with Crippen LogP contribution in [0.15, 0.2) is 48.5 Å². The van der Waals surface area contributed by atoms with Crippen LogP contribution in [0.5, 0.6) is 23.0 Å². The summed E-state index contributed by atoms with van der Waals surface area (Å²) in [4.78, 5) is 58.1. The normalized spacial score (nSPS) is 17.2. The number of ether oxygens (including phenoxy) is 6. The number of carbonyl (C=O) groups is 4. The minimum absolute atomic E-state index is 0.0830. The first kappa shape index (κ1) is 37.5. The molecule has 50 heavy (non-hydrogen) atoms. The molecule has 0 spiro atoms. The van der Waals surface area contributed by atoms with Crippen molar-refractivity contribution < 1.29 is 71.0 Å². The number of hydrogen-bond acceptors (Lipinski definition) is 11. The zero-order valence-corrected chi connectivity index (χ0v) is 27.8. The average Bonchev–Trinajstić information content (AvgIpc) is 3.32. The Hall–Kier alpha value is -5.32. The molecule has 3 aromatic carbocycles. The van der Waals surface area contributed by atoms with E-state index < -0.39 is 51.6 Å². The third kappa shape index (κ3) is 8.45. The van der Waals surface area contributed by atoms with Crippen molar-refractivity contribution in [2.75, 3.05) is 55.1 Å². The molecule has 0 saturated carbocycles. The number of likely N-dealkylation sites (tertiary alicyclic amines) is 1. The maximum atomic E-state index is 14.7. The summed E-state index contributed by atoms with van der Waals surface area (Å²) >= 11 is 0. The third-order valence-electron chi connectivity index (χ3n) is 7.82. The number of carbonyl (C=O) groups excluding carboxylic acids is 3. The lowest BCUT2D eigenvalue weighted by Gasteiger charge is -2.30. The number of nitrogens with one attached hydrogen (secondary N) is 1. The van der Waals surface area contributed by atoms with Crippen molar-refractivity contribution in [3.05, 3.63) is 82.4 Å². The molecule has 2 N–H and O–H groups in total. The fourth-order valence-electron chi connectivity index (χ4n) is 5.35. The van der Waals surface area contributed by atoms with Gasteiger partial charge < -0.3 is 38.8 Å². The summed E-state index contributed by atoms with van der Waals surface area (Å²) in [7, 11) is 5.53. The van der Waals surface area contributed by atoms with Crippen molar-refractivity contribution >= 4 is 23.8 Å². The van der Waals surface area contributed by atoms with Crippen LogP contribution < -0.4 is 24.3 Å². The number of halogens is 2. The molecule has 2 amide bonds. The second-order valence-corrected chi connectivity index (χ2v) is 11.1. The van der Waals surface area contributed by atoms with Gasteiger partial charge in [-0.25, -0.2) is 13.6 Å². The van der Waals surface area contributed by atoms with Crippen molar-refractivity contribution in [2.24, 2.45) is 0 Å². The summed E-state index contributed by atoms with van der Waals surface area (Å²) in [5.41, 5.74) is -0.754. The molecule has 1 saturated heterocycles. The van der Waals surface area contributed by atoms with Gasteiger partial charge in [0.15, 0.2) is 49.0 Å². The van der Waals surface area contributed by atoms with E-state index in [0.717, 1.165) is 12.1 Å². The van der Waals surface area contributed by atoms with Crippen molar-refractivity contribution in [1.82, 2.24) is 5.32 Å². The number of benzene rings is 3. The molecule has 2 atom stereocenters. The topological polar surface area (TPSA) is 165 Å². The first-order valence-corrected chi connectivity index (χ1v) is 15.3. The fourth-order valence-corrected chi connectivity index (χ4v) is 5.35. The van der Waals surface area contributed by atoms with E-state index in [1.54, 1.807) is 0 Å². The van der Waals surface area contributed by atoms with Gasteiger partial charge in [0.2, 0.25) is 5.75 Å². The molecule has 16 heteroatoms. The highest BCUT2D eigenvalue weighted by atomic mass is 19.2. The van der Waals surface area contributed by atoms with E-state index in [4.69, 9.17) is 33.3 Å². The van der Waals surface area contributed by atoms with E-state index in [2.05, 4.69) is 5.32 Å². The van der Waals surface area contributed by atoms with Crippen molar-refractivity contribution in [2.45, 2.75) is 25.3 Å². The molecule has 268 valence electrons. The number of quaternary nitrogens is 1. The van der Waals surface area contributed by atoms with Gasteiger partial charge in [0.25, 0.3) is 5.91 Å². The van der Waals surface area contributed by atoms with Gasteiger partial charge in [-0.2, -0.15) is 4.79 Å². The molecule has 2 unspecified atom stereocenters. The molecule has 0 radical (unpaired) electrons. The number of nitrogens with zero attached hydrogens (tertiary/aromatic N) is 1. The van der Waals surface area contributed by atoms with Crippen LogP contribution in [0.4, 0.5) is 13.6 Å². The summed E-state index contributed by atoms with van der Waals surface area (Å²) in [5.74, 6) is -4.84. The number of ketones is 1. The van der Waals surface area contributed by atoms with Gasteiger partial charge in [-0.05, 0) is 53.9 Å². The van der Waals surface area contributed by atoms with Gasteiger partial charge in [-0.15, -0.1) is 0 Å². The molecule has 1 fully saturated rings. The Bertz CT molecular complexity index is 1690. The van der Waals surface area contributed by atoms with Crippen LogP contribution in [0.1, 0.15) is 55.9 Å². The van der Waals surface area contributed by atoms with Crippen LogP contribution in [0.3, 0.4) is 0 Å². The van der Waals surface area contributed by atoms with E-state index in [9.17, 15) is 33.1 Å². The minimum atomic E-state index is -1.46. The lowest BCUT2D eigenvalue weighted by Crippen LogP contribution is -2.58. The van der Waals surface area contributed by atoms with E-state index in [1.807, 2.05) is 0 Å². The number of methoxy groups -OCH3 is 4. The van der Waals surface area contributed by atoms with Crippen LogP contribution in [0, 0.1) is 11.6 Å². The summed E-state index contributed by atoms with van der Waals surface area (Å²) in [6, 6.07) is 8.80. The monoisotopic (exact) mass is 703 g/mol. The lowest BCUT2D eigenvalue weighted by molar-refractivity contribution is -1.03. The number of hydroxylamine groups is 3. The maximum absolute atomic E-state index is 14.7. The van der Waals surface area contributed by atoms with Gasteiger partial charge in [0, 0.05) is 31.8 Å². The van der Waals surface area contributed by atoms with Gasteiger partial charge >= 0.3 is 12.1 Å². The first-order chi connectivity index (χ1) is 24.0. The Morgan fingerprint density at radius 3 is 2.04 bits per heavy atom. The van der Waals surface area contributed by atoms with Crippen molar-refractivity contribution in [1.29, 1.82) is 0 Å². The lowest BCUT2D eigenvalue weighted by atomic mass is 10.0. The van der Waals surface area contributed by atoms with E-state index in [1.165, 1.54) is 64.8 Å². The Kier molecular flexibility index (Phi) is 12.7. The van der Waals surface area contributed by atoms with Crippen LogP contribution >= 0.6 is 0 Å². The quantitative estimate of drug-likeness (QED) is 0.143. The molecule has 1 heterocycles. The highest BCUT2D eigenvalue weighted by molar-refractivity contribution is 6.11. The summed E-state index contributed by atoms with van der Waals surface area (Å²) in [5, 5.41) is 13.1. The smallest absolute Gasteiger partial charge is 0.493 e. The fraction of sp³-hybridized carbons (Fsp3) is 0.353. The molecule has 0 aromatic heterocycles. The Labute approximate surface area is 285 Å². The van der Waals surface area contributed by atoms with Gasteiger partial charge in [0.1, 0.15) is 17.9 Å². The molecule has 3 aromatic rings. The number of rotatable bonds is 13. The van der Waals surface area contributed by atoms with Crippen molar-refractivity contribution in [3.8, 4) is 23.0 Å². The van der Waals surface area contributed by atoms with E-state index >= 15 is 0 Å². The molecule has 1 aliphatic rings. The zero-order chi connectivity index (χ0) is 36.4. The molecule has 1 aliphatic heterocycles. The Morgan fingerprint density at radius 2 is 1.44 bits per heavy atom. The largest absolute Gasteiger partial charge is 0.556 e. The first-order valence-electron chi connectivity index (χ1n) is 15.3. The maximum Gasteiger partial charge on any atom is 0.556 e. The SMILES string of the molecule is COCOc1ccc(F)c(F)c1C(=O)c1ccc(C(=O)O[N+]2(C(=O)O)CCCCC(NC(=O)c3cc(OC)c(OCOC)c(OC)c3)C2)cc1. The van der Waals surface area contributed by atoms with Crippen molar-refractivity contribution in [3.63, 3.8) is 0 Å². The zero-order valence-electron chi connectivity index (χ0n) is 27.8. The van der Waals surface area contributed by atoms with Gasteiger partial charge in [-0.3, -0.25) is 14.4 Å². The second kappa shape index (κ2) is 16.9. The third-order valence-corrected chi connectivity index (χ3v) is 7.82. The van der Waals surface area contributed by atoms with E-state index in [-0.39, 0.29) is 66.4 Å².